The van der Waals surface area contributed by atoms with Gasteiger partial charge in [-0.25, -0.2) is 27.4 Å². The van der Waals surface area contributed by atoms with Crippen molar-refractivity contribution in [3.8, 4) is 11.4 Å². The van der Waals surface area contributed by atoms with Gasteiger partial charge in [-0.1, -0.05) is 64.1 Å². The van der Waals surface area contributed by atoms with Gasteiger partial charge in [0.25, 0.3) is 0 Å². The number of hydrogen-bond acceptors (Lipinski definition) is 8. The van der Waals surface area contributed by atoms with E-state index in [1.165, 1.54) is 25.3 Å². The zero-order valence-electron chi connectivity index (χ0n) is 26.2. The quantitative estimate of drug-likeness (QED) is 0.140. The SMILES string of the molecule is Cc1cc(Cl)ccc1OCC(=O)O.Cc1nn(-c2cc(NS(C)(=O)=O)c(Cl)cc2Cl)c(=O)n1C(F)F.O=C(O)c1c(Cl)ccc2cc(Cl)cnc12. The van der Waals surface area contributed by atoms with E-state index < -0.39 is 34.2 Å². The molecule has 0 bridgehead atoms. The number of carboxylic acids is 2. The van der Waals surface area contributed by atoms with E-state index in [4.69, 9.17) is 73.0 Å². The number of hydrogen-bond donors (Lipinski definition) is 3. The zero-order chi connectivity index (χ0) is 38.4. The Balaban J connectivity index is 0.000000218. The molecule has 0 amide bonds. The number of rotatable bonds is 8. The number of carboxylic acid groups (broad SMARTS) is 2. The van der Waals surface area contributed by atoms with Gasteiger partial charge < -0.3 is 14.9 Å². The smallest absolute Gasteiger partial charge is 0.355 e. The number of aromatic nitrogens is 4. The van der Waals surface area contributed by atoms with Gasteiger partial charge in [0.05, 0.1) is 43.2 Å². The van der Waals surface area contributed by atoms with Crippen LogP contribution >= 0.6 is 58.0 Å². The van der Waals surface area contributed by atoms with Crippen molar-refractivity contribution in [1.29, 1.82) is 0 Å². The standard InChI is InChI=1S/C11H10Cl2F2N4O3S.C10H5Cl2NO2.C9H9ClO3/c1-5-16-19(11(20)18(5)10(14)15)9-4-8(17-23(2,21)22)6(12)3-7(9)13;11-6-3-5-1-2-7(12)8(10(14)15)9(5)13-4-6;1-6-4-7(10)2-3-8(6)13-5-9(11)12/h3-4,10,17H,1-2H3;1-4H,(H,14,15);2-4H,5H2,1H3,(H,11,12). The third-order valence-corrected chi connectivity index (χ3v) is 8.17. The molecule has 0 aliphatic carbocycles. The van der Waals surface area contributed by atoms with E-state index in [-0.39, 0.29) is 49.0 Å². The lowest BCUT2D eigenvalue weighted by Gasteiger charge is -2.10. The maximum atomic E-state index is 12.8. The highest BCUT2D eigenvalue weighted by molar-refractivity contribution is 7.92. The summed E-state index contributed by atoms with van der Waals surface area (Å²) in [6.45, 7) is -0.370. The van der Waals surface area contributed by atoms with E-state index >= 15 is 0 Å². The first kappa shape index (κ1) is 41.2. The number of aliphatic carboxylic acids is 1. The van der Waals surface area contributed by atoms with Crippen molar-refractivity contribution in [3.63, 3.8) is 0 Å². The van der Waals surface area contributed by atoms with E-state index in [2.05, 4.69) is 14.8 Å². The van der Waals surface area contributed by atoms with Crippen LogP contribution in [-0.2, 0) is 14.8 Å². The Hall–Kier alpha value is -4.19. The molecule has 0 spiro atoms. The van der Waals surface area contributed by atoms with Crippen molar-refractivity contribution in [2.24, 2.45) is 0 Å². The second kappa shape index (κ2) is 17.4. The minimum absolute atomic E-state index is 0.00540. The van der Waals surface area contributed by atoms with E-state index in [1.54, 1.807) is 30.3 Å². The first-order valence-electron chi connectivity index (χ1n) is 13.7. The molecule has 0 aliphatic rings. The Morgan fingerprint density at radius 1 is 0.941 bits per heavy atom. The summed E-state index contributed by atoms with van der Waals surface area (Å²) in [5.74, 6) is -1.77. The van der Waals surface area contributed by atoms with Crippen LogP contribution in [0.15, 0.2) is 59.5 Å². The largest absolute Gasteiger partial charge is 0.482 e. The molecule has 0 atom stereocenters. The van der Waals surface area contributed by atoms with Crippen LogP contribution in [0.1, 0.15) is 28.3 Å². The third kappa shape index (κ3) is 11.1. The Bertz CT molecular complexity index is 2290. The summed E-state index contributed by atoms with van der Waals surface area (Å²) in [5.41, 5.74) is -0.0922. The summed E-state index contributed by atoms with van der Waals surface area (Å²) in [5, 5.41) is 22.9. The molecule has 3 aromatic carbocycles. The molecule has 0 aliphatic heterocycles. The molecule has 0 fully saturated rings. The van der Waals surface area contributed by atoms with Crippen molar-refractivity contribution < 1.29 is 41.7 Å². The van der Waals surface area contributed by atoms with Crippen molar-refractivity contribution in [1.82, 2.24) is 19.3 Å². The van der Waals surface area contributed by atoms with Crippen LogP contribution in [0.3, 0.4) is 0 Å². The van der Waals surface area contributed by atoms with Crippen molar-refractivity contribution in [2.45, 2.75) is 20.4 Å². The van der Waals surface area contributed by atoms with Gasteiger partial charge in [0.15, 0.2) is 6.61 Å². The Kier molecular flexibility index (Phi) is 14.0. The molecule has 272 valence electrons. The Morgan fingerprint density at radius 2 is 1.61 bits per heavy atom. The lowest BCUT2D eigenvalue weighted by atomic mass is 10.1. The van der Waals surface area contributed by atoms with Crippen LogP contribution in [0.4, 0.5) is 14.5 Å². The van der Waals surface area contributed by atoms with Gasteiger partial charge in [0.1, 0.15) is 17.1 Å². The fourth-order valence-electron chi connectivity index (χ4n) is 4.10. The fourth-order valence-corrected chi connectivity index (χ4v) is 5.86. The van der Waals surface area contributed by atoms with Gasteiger partial charge in [-0.15, -0.1) is 5.10 Å². The van der Waals surface area contributed by atoms with Crippen LogP contribution in [0, 0.1) is 13.8 Å². The van der Waals surface area contributed by atoms with E-state index in [0.717, 1.165) is 17.9 Å². The number of aromatic carboxylic acids is 1. The molecule has 13 nitrogen and oxygen atoms in total. The highest BCUT2D eigenvalue weighted by atomic mass is 35.5. The third-order valence-electron chi connectivity index (χ3n) is 6.21. The van der Waals surface area contributed by atoms with E-state index in [9.17, 15) is 31.6 Å². The number of ether oxygens (including phenoxy) is 1. The topological polar surface area (TPSA) is 183 Å². The highest BCUT2D eigenvalue weighted by Crippen LogP contribution is 2.32. The Labute approximate surface area is 312 Å². The predicted molar refractivity (Wildman–Crippen MR) is 190 cm³/mol. The number of alkyl halides is 2. The maximum Gasteiger partial charge on any atom is 0.355 e. The van der Waals surface area contributed by atoms with Gasteiger partial charge in [-0.2, -0.15) is 13.5 Å². The lowest BCUT2D eigenvalue weighted by molar-refractivity contribution is -0.139. The molecule has 0 radical (unpaired) electrons. The molecule has 0 unspecified atom stereocenters. The molecule has 5 aromatic rings. The van der Waals surface area contributed by atoms with Gasteiger partial charge in [-0.3, -0.25) is 9.71 Å². The molecule has 5 rings (SSSR count). The number of benzene rings is 3. The summed E-state index contributed by atoms with van der Waals surface area (Å²) in [6.07, 6.45) is 2.30. The van der Waals surface area contributed by atoms with Gasteiger partial charge in [0.2, 0.25) is 10.0 Å². The average Bonchev–Trinajstić information content (AvgIpc) is 3.31. The van der Waals surface area contributed by atoms with Gasteiger partial charge in [0, 0.05) is 16.6 Å². The minimum Gasteiger partial charge on any atom is -0.482 e. The second-order valence-electron chi connectivity index (χ2n) is 10.1. The second-order valence-corrected chi connectivity index (χ2v) is 13.9. The van der Waals surface area contributed by atoms with Gasteiger partial charge >= 0.3 is 24.2 Å². The number of pyridine rings is 1. The summed E-state index contributed by atoms with van der Waals surface area (Å²) < 4.78 is 56.3. The Morgan fingerprint density at radius 3 is 2.16 bits per heavy atom. The molecule has 51 heavy (non-hydrogen) atoms. The molecule has 0 saturated heterocycles. The van der Waals surface area contributed by atoms with Crippen LogP contribution in [0.25, 0.3) is 16.6 Å². The molecular weight excluding hydrogens is 806 g/mol. The number of aryl methyl sites for hydroxylation is 2. The number of sulfonamides is 1. The first-order chi connectivity index (χ1) is 23.7. The van der Waals surface area contributed by atoms with Crippen LogP contribution in [0.5, 0.6) is 5.75 Å². The molecule has 3 N–H and O–H groups in total. The van der Waals surface area contributed by atoms with Crippen molar-refractivity contribution >= 4 is 96.6 Å². The normalized spacial score (nSPS) is 11.0. The first-order valence-corrected chi connectivity index (χ1v) is 17.5. The monoisotopic (exact) mass is 827 g/mol. The van der Waals surface area contributed by atoms with E-state index in [1.807, 2.05) is 6.92 Å². The van der Waals surface area contributed by atoms with E-state index in [0.29, 0.717) is 31.4 Å². The summed E-state index contributed by atoms with van der Waals surface area (Å²) in [4.78, 5) is 37.1. The number of carbonyl (C=O) groups is 2. The molecular formula is C30H24Cl5F2N5O8S. The number of nitrogens with zero attached hydrogens (tertiary/aromatic N) is 4. The summed E-state index contributed by atoms with van der Waals surface area (Å²) in [7, 11) is -3.65. The maximum absolute atomic E-state index is 12.8. The lowest BCUT2D eigenvalue weighted by Crippen LogP contribution is -2.25. The predicted octanol–water partition coefficient (Wildman–Crippen LogP) is 7.77. The minimum atomic E-state index is -3.65. The molecule has 0 saturated carbocycles. The fraction of sp³-hybridized carbons (Fsp3) is 0.167. The van der Waals surface area contributed by atoms with Crippen LogP contribution < -0.4 is 15.1 Å². The zero-order valence-corrected chi connectivity index (χ0v) is 30.8. The van der Waals surface area contributed by atoms with Crippen molar-refractivity contribution in [2.75, 3.05) is 17.6 Å². The number of fused-ring (bicyclic) bond motifs is 1. The summed E-state index contributed by atoms with van der Waals surface area (Å²) >= 11 is 29.1. The number of halogens is 7. The summed E-state index contributed by atoms with van der Waals surface area (Å²) in [6, 6.07) is 12.2. The van der Waals surface area contributed by atoms with Crippen LogP contribution in [-0.4, -0.2) is 62.8 Å². The molecule has 2 heterocycles. The molecule has 21 heteroatoms. The average molecular weight is 830 g/mol. The van der Waals surface area contributed by atoms with Crippen molar-refractivity contribution in [3.05, 3.63) is 107 Å². The van der Waals surface area contributed by atoms with Crippen LogP contribution in [0.2, 0.25) is 25.1 Å². The number of anilines is 1. The van der Waals surface area contributed by atoms with Gasteiger partial charge in [-0.05, 0) is 61.9 Å². The number of nitrogens with one attached hydrogen (secondary N) is 1. The highest BCUT2D eigenvalue weighted by Gasteiger charge is 2.21. The molecule has 2 aromatic heterocycles.